The van der Waals surface area contributed by atoms with Gasteiger partial charge in [0, 0.05) is 23.4 Å². The summed E-state index contributed by atoms with van der Waals surface area (Å²) >= 11 is 1.62. The average Bonchev–Trinajstić information content (AvgIpc) is 2.99. The summed E-state index contributed by atoms with van der Waals surface area (Å²) in [6.45, 7) is 0.0154. The first-order valence-corrected chi connectivity index (χ1v) is 9.79. The van der Waals surface area contributed by atoms with Crippen LogP contribution in [0.4, 0.5) is 11.4 Å². The molecule has 0 bridgehead atoms. The highest BCUT2D eigenvalue weighted by molar-refractivity contribution is 7.14. The molecule has 0 radical (unpaired) electrons. The van der Waals surface area contributed by atoms with Crippen LogP contribution in [0.5, 0.6) is 0 Å². The molecule has 2 N–H and O–H groups in total. The predicted molar refractivity (Wildman–Crippen MR) is 105 cm³/mol. The molecule has 2 amide bonds. The number of amides is 2. The lowest BCUT2D eigenvalue weighted by Gasteiger charge is -2.07. The Balaban J connectivity index is 1.62. The number of hydrogen-bond donors (Lipinski definition) is 2. The average molecular weight is 372 g/mol. The first-order chi connectivity index (χ1) is 12.7. The summed E-state index contributed by atoms with van der Waals surface area (Å²) in [5.74, 6) is -0.279. The van der Waals surface area contributed by atoms with E-state index in [1.807, 2.05) is 0 Å². The molecule has 138 valence electrons. The fraction of sp³-hybridized carbons (Fsp3) is 0.400. The summed E-state index contributed by atoms with van der Waals surface area (Å²) < 4.78 is 4.78. The van der Waals surface area contributed by atoms with Gasteiger partial charge < -0.3 is 15.4 Å². The molecule has 0 unspecified atom stereocenters. The molecule has 1 heterocycles. The number of nitrogens with one attached hydrogen (secondary N) is 2. The summed E-state index contributed by atoms with van der Waals surface area (Å²) in [4.78, 5) is 26.2. The van der Waals surface area contributed by atoms with Crippen LogP contribution in [-0.2, 0) is 22.4 Å². The SMILES string of the molecule is COCC(=O)Nc1ccc(NC(=O)c2cc3c(s2)CCCCCC3)cc1. The Bertz CT molecular complexity index is 742. The van der Waals surface area contributed by atoms with Crippen molar-refractivity contribution in [2.45, 2.75) is 38.5 Å². The van der Waals surface area contributed by atoms with E-state index in [0.717, 1.165) is 17.7 Å². The number of thiophene rings is 1. The van der Waals surface area contributed by atoms with E-state index in [0.29, 0.717) is 11.4 Å². The van der Waals surface area contributed by atoms with Gasteiger partial charge in [-0.05, 0) is 61.6 Å². The molecule has 0 fully saturated rings. The number of methoxy groups -OCH3 is 1. The van der Waals surface area contributed by atoms with Gasteiger partial charge in [0.05, 0.1) is 4.88 Å². The third-order valence-electron chi connectivity index (χ3n) is 4.42. The number of aryl methyl sites for hydroxylation is 2. The van der Waals surface area contributed by atoms with Gasteiger partial charge in [0.1, 0.15) is 6.61 Å². The standard InChI is InChI=1S/C20H24N2O3S/c1-25-13-19(23)21-15-8-10-16(11-9-15)22-20(24)18-12-14-6-4-2-3-5-7-17(14)26-18/h8-12H,2-7,13H2,1H3,(H,21,23)(H,22,24). The number of hydrogen-bond acceptors (Lipinski definition) is 4. The molecule has 0 saturated heterocycles. The molecular weight excluding hydrogens is 348 g/mol. The Morgan fingerprint density at radius 3 is 2.35 bits per heavy atom. The fourth-order valence-corrected chi connectivity index (χ4v) is 4.26. The normalized spacial score (nSPS) is 14.0. The number of anilines is 2. The molecule has 0 aliphatic heterocycles. The topological polar surface area (TPSA) is 67.4 Å². The molecule has 5 nitrogen and oxygen atoms in total. The van der Waals surface area contributed by atoms with E-state index in [4.69, 9.17) is 4.74 Å². The summed E-state index contributed by atoms with van der Waals surface area (Å²) in [7, 11) is 1.48. The van der Waals surface area contributed by atoms with Gasteiger partial charge in [-0.1, -0.05) is 12.8 Å². The van der Waals surface area contributed by atoms with E-state index in [9.17, 15) is 9.59 Å². The summed E-state index contributed by atoms with van der Waals surface area (Å²) in [5, 5.41) is 5.66. The Morgan fingerprint density at radius 1 is 1.00 bits per heavy atom. The van der Waals surface area contributed by atoms with E-state index in [1.165, 1.54) is 43.2 Å². The van der Waals surface area contributed by atoms with Crippen molar-refractivity contribution in [1.82, 2.24) is 0 Å². The molecule has 0 atom stereocenters. The third-order valence-corrected chi connectivity index (χ3v) is 5.66. The van der Waals surface area contributed by atoms with Crippen molar-refractivity contribution >= 4 is 34.5 Å². The molecule has 6 heteroatoms. The van der Waals surface area contributed by atoms with Crippen molar-refractivity contribution in [2.24, 2.45) is 0 Å². The zero-order chi connectivity index (χ0) is 18.4. The maximum absolute atomic E-state index is 12.6. The highest BCUT2D eigenvalue weighted by Gasteiger charge is 2.16. The van der Waals surface area contributed by atoms with Crippen LogP contribution in [0, 0.1) is 0 Å². The summed E-state index contributed by atoms with van der Waals surface area (Å²) in [6, 6.07) is 9.14. The molecule has 1 aromatic carbocycles. The number of fused-ring (bicyclic) bond motifs is 1. The maximum Gasteiger partial charge on any atom is 0.265 e. The Morgan fingerprint density at radius 2 is 1.65 bits per heavy atom. The number of carbonyl (C=O) groups excluding carboxylic acids is 2. The molecule has 3 rings (SSSR count). The van der Waals surface area contributed by atoms with Gasteiger partial charge in [0.2, 0.25) is 5.91 Å². The van der Waals surface area contributed by atoms with Gasteiger partial charge in [-0.15, -0.1) is 11.3 Å². The first kappa shape index (κ1) is 18.6. The van der Waals surface area contributed by atoms with Crippen molar-refractivity contribution in [3.8, 4) is 0 Å². The van der Waals surface area contributed by atoms with Crippen LogP contribution in [-0.4, -0.2) is 25.5 Å². The van der Waals surface area contributed by atoms with Gasteiger partial charge in [-0.2, -0.15) is 0 Å². The highest BCUT2D eigenvalue weighted by atomic mass is 32.1. The number of benzene rings is 1. The minimum Gasteiger partial charge on any atom is -0.375 e. The van der Waals surface area contributed by atoms with Crippen LogP contribution in [0.1, 0.15) is 45.8 Å². The van der Waals surface area contributed by atoms with Gasteiger partial charge >= 0.3 is 0 Å². The van der Waals surface area contributed by atoms with Crippen LogP contribution in [0.3, 0.4) is 0 Å². The lowest BCUT2D eigenvalue weighted by atomic mass is 10.00. The molecule has 1 aromatic heterocycles. The summed E-state index contributed by atoms with van der Waals surface area (Å²) in [6.07, 6.45) is 7.15. The molecule has 1 aliphatic carbocycles. The summed E-state index contributed by atoms with van der Waals surface area (Å²) in [5.41, 5.74) is 2.72. The van der Waals surface area contributed by atoms with Crippen LogP contribution < -0.4 is 10.6 Å². The lowest BCUT2D eigenvalue weighted by molar-refractivity contribution is -0.119. The molecule has 0 saturated carbocycles. The molecule has 2 aromatic rings. The predicted octanol–water partition coefficient (Wildman–Crippen LogP) is 4.24. The highest BCUT2D eigenvalue weighted by Crippen LogP contribution is 2.29. The van der Waals surface area contributed by atoms with Crippen molar-refractivity contribution in [1.29, 1.82) is 0 Å². The van der Waals surface area contributed by atoms with Gasteiger partial charge in [0.25, 0.3) is 5.91 Å². The van der Waals surface area contributed by atoms with Gasteiger partial charge in [0.15, 0.2) is 0 Å². The number of carbonyl (C=O) groups is 2. The van der Waals surface area contributed by atoms with Gasteiger partial charge in [-0.3, -0.25) is 9.59 Å². The van der Waals surface area contributed by atoms with E-state index in [-0.39, 0.29) is 18.4 Å². The van der Waals surface area contributed by atoms with Crippen LogP contribution in [0.2, 0.25) is 0 Å². The largest absolute Gasteiger partial charge is 0.375 e. The smallest absolute Gasteiger partial charge is 0.265 e. The van der Waals surface area contributed by atoms with E-state index in [2.05, 4.69) is 16.7 Å². The van der Waals surface area contributed by atoms with Crippen LogP contribution >= 0.6 is 11.3 Å². The second kappa shape index (κ2) is 8.96. The third kappa shape index (κ3) is 4.93. The monoisotopic (exact) mass is 372 g/mol. The van der Waals surface area contributed by atoms with Gasteiger partial charge in [-0.25, -0.2) is 0 Å². The Labute approximate surface area is 157 Å². The van der Waals surface area contributed by atoms with Crippen molar-refractivity contribution in [3.63, 3.8) is 0 Å². The van der Waals surface area contributed by atoms with Crippen LogP contribution in [0.25, 0.3) is 0 Å². The molecular formula is C20H24N2O3S. The lowest BCUT2D eigenvalue weighted by Crippen LogP contribution is -2.17. The fourth-order valence-electron chi connectivity index (χ4n) is 3.11. The Hall–Kier alpha value is -2.18. The minimum atomic E-state index is -0.208. The maximum atomic E-state index is 12.6. The second-order valence-corrected chi connectivity index (χ2v) is 7.62. The molecule has 1 aliphatic rings. The zero-order valence-corrected chi connectivity index (χ0v) is 15.8. The first-order valence-electron chi connectivity index (χ1n) is 8.97. The minimum absolute atomic E-state index is 0.0154. The van der Waals surface area contributed by atoms with Crippen molar-refractivity contribution < 1.29 is 14.3 Å². The molecule has 0 spiro atoms. The molecule has 26 heavy (non-hydrogen) atoms. The van der Waals surface area contributed by atoms with Crippen molar-refractivity contribution in [3.05, 3.63) is 45.6 Å². The quantitative estimate of drug-likeness (QED) is 0.825. The van der Waals surface area contributed by atoms with E-state index >= 15 is 0 Å². The second-order valence-electron chi connectivity index (χ2n) is 6.49. The van der Waals surface area contributed by atoms with Crippen molar-refractivity contribution in [2.75, 3.05) is 24.4 Å². The van der Waals surface area contributed by atoms with E-state index < -0.39 is 0 Å². The Kier molecular flexibility index (Phi) is 6.41. The zero-order valence-electron chi connectivity index (χ0n) is 15.0. The number of rotatable bonds is 5. The van der Waals surface area contributed by atoms with Crippen LogP contribution in [0.15, 0.2) is 30.3 Å². The van der Waals surface area contributed by atoms with E-state index in [1.54, 1.807) is 35.6 Å². The number of ether oxygens (including phenoxy) is 1.